The first-order valence-corrected chi connectivity index (χ1v) is 3.37. The summed E-state index contributed by atoms with van der Waals surface area (Å²) in [5.41, 5.74) is 0. The lowest BCUT2D eigenvalue weighted by Gasteiger charge is -2.01. The third kappa shape index (κ3) is 2.31. The minimum Gasteiger partial charge on any atom is -0.473 e. The van der Waals surface area contributed by atoms with Gasteiger partial charge in [0.25, 0.3) is 5.88 Å². The molecule has 0 aliphatic heterocycles. The average Bonchev–Trinajstić information content (AvgIpc) is 2.03. The molecule has 0 saturated carbocycles. The Kier molecular flexibility index (Phi) is 3.04. The molecular weight excluding hydrogens is 171 g/mol. The van der Waals surface area contributed by atoms with Crippen LogP contribution in [0, 0.1) is 0 Å². The number of alkyl halides is 1. The van der Waals surface area contributed by atoms with Gasteiger partial charge in [-0.1, -0.05) is 11.6 Å². The van der Waals surface area contributed by atoms with Gasteiger partial charge in [0.15, 0.2) is 5.15 Å². The Morgan fingerprint density at radius 2 is 2.18 bits per heavy atom. The monoisotopic (exact) mass is 176 g/mol. The quantitative estimate of drug-likeness (QED) is 0.700. The van der Waals surface area contributed by atoms with Crippen LogP contribution in [-0.2, 0) is 0 Å². The Morgan fingerprint density at radius 1 is 1.45 bits per heavy atom. The van der Waals surface area contributed by atoms with Crippen molar-refractivity contribution < 1.29 is 9.13 Å². The fourth-order valence-electron chi connectivity index (χ4n) is 0.540. The lowest BCUT2D eigenvalue weighted by Crippen LogP contribution is -2.01. The van der Waals surface area contributed by atoms with Crippen molar-refractivity contribution in [3.63, 3.8) is 0 Å². The molecule has 11 heavy (non-hydrogen) atoms. The first kappa shape index (κ1) is 8.20. The Labute approximate surface area is 68.2 Å². The van der Waals surface area contributed by atoms with Crippen LogP contribution in [0.25, 0.3) is 0 Å². The number of rotatable bonds is 3. The van der Waals surface area contributed by atoms with E-state index in [0.29, 0.717) is 0 Å². The van der Waals surface area contributed by atoms with Gasteiger partial charge in [-0.3, -0.25) is 0 Å². The minimum atomic E-state index is -0.563. The van der Waals surface area contributed by atoms with E-state index in [1.54, 1.807) is 0 Å². The third-order valence-corrected chi connectivity index (χ3v) is 1.20. The maximum Gasteiger partial charge on any atom is 0.252 e. The molecule has 5 heteroatoms. The van der Waals surface area contributed by atoms with Gasteiger partial charge in [0, 0.05) is 12.4 Å². The molecule has 3 nitrogen and oxygen atoms in total. The third-order valence-electron chi connectivity index (χ3n) is 0.939. The van der Waals surface area contributed by atoms with Crippen molar-refractivity contribution in [2.24, 2.45) is 0 Å². The zero-order valence-corrected chi connectivity index (χ0v) is 6.38. The summed E-state index contributed by atoms with van der Waals surface area (Å²) >= 11 is 5.54. The Balaban J connectivity index is 2.62. The van der Waals surface area contributed by atoms with Gasteiger partial charge in [-0.2, -0.15) is 0 Å². The summed E-state index contributed by atoms with van der Waals surface area (Å²) in [6.45, 7) is -0.606. The SMILES string of the molecule is FCCOc1nccnc1Cl. The molecular formula is C6H6ClFN2O. The van der Waals surface area contributed by atoms with E-state index in [0.717, 1.165) is 0 Å². The number of halogens is 2. The maximum absolute atomic E-state index is 11.6. The van der Waals surface area contributed by atoms with Gasteiger partial charge >= 0.3 is 0 Å². The van der Waals surface area contributed by atoms with E-state index < -0.39 is 6.67 Å². The molecule has 0 atom stereocenters. The molecule has 0 aliphatic carbocycles. The van der Waals surface area contributed by atoms with Gasteiger partial charge in [-0.15, -0.1) is 0 Å². The molecule has 0 spiro atoms. The number of nitrogens with zero attached hydrogens (tertiary/aromatic N) is 2. The van der Waals surface area contributed by atoms with Gasteiger partial charge in [-0.05, 0) is 0 Å². The van der Waals surface area contributed by atoms with Gasteiger partial charge < -0.3 is 4.74 Å². The first-order valence-electron chi connectivity index (χ1n) is 3.00. The Morgan fingerprint density at radius 3 is 2.82 bits per heavy atom. The van der Waals surface area contributed by atoms with E-state index in [1.807, 2.05) is 0 Å². The van der Waals surface area contributed by atoms with Crippen LogP contribution in [-0.4, -0.2) is 23.2 Å². The van der Waals surface area contributed by atoms with Crippen LogP contribution in [0.3, 0.4) is 0 Å². The predicted octanol–water partition coefficient (Wildman–Crippen LogP) is 1.48. The summed E-state index contributed by atoms with van der Waals surface area (Å²) in [5, 5.41) is 0.154. The second-order valence-corrected chi connectivity index (χ2v) is 2.05. The molecule has 1 aromatic rings. The maximum atomic E-state index is 11.6. The van der Waals surface area contributed by atoms with Crippen molar-refractivity contribution in [3.8, 4) is 5.88 Å². The smallest absolute Gasteiger partial charge is 0.252 e. The van der Waals surface area contributed by atoms with Crippen molar-refractivity contribution in [1.29, 1.82) is 0 Å². The zero-order chi connectivity index (χ0) is 8.10. The highest BCUT2D eigenvalue weighted by atomic mass is 35.5. The Hall–Kier alpha value is -0.900. The lowest BCUT2D eigenvalue weighted by molar-refractivity contribution is 0.263. The van der Waals surface area contributed by atoms with Crippen molar-refractivity contribution >= 4 is 11.6 Å². The van der Waals surface area contributed by atoms with Gasteiger partial charge in [0.05, 0.1) is 0 Å². The molecule has 0 bridgehead atoms. The predicted molar refractivity (Wildman–Crippen MR) is 38.5 cm³/mol. The summed E-state index contributed by atoms with van der Waals surface area (Å²) in [6.07, 6.45) is 2.87. The Bertz CT molecular complexity index is 234. The van der Waals surface area contributed by atoms with Crippen molar-refractivity contribution in [2.45, 2.75) is 0 Å². The molecule has 1 heterocycles. The summed E-state index contributed by atoms with van der Waals surface area (Å²) in [5.74, 6) is 0.173. The standard InChI is InChI=1S/C6H6ClFN2O/c7-5-6(11-4-1-8)10-3-2-9-5/h2-3H,1,4H2. The van der Waals surface area contributed by atoms with Crippen molar-refractivity contribution in [3.05, 3.63) is 17.5 Å². The highest BCUT2D eigenvalue weighted by molar-refractivity contribution is 6.30. The van der Waals surface area contributed by atoms with Crippen LogP contribution >= 0.6 is 11.6 Å². The van der Waals surface area contributed by atoms with E-state index in [9.17, 15) is 4.39 Å². The minimum absolute atomic E-state index is 0.0432. The van der Waals surface area contributed by atoms with Crippen LogP contribution in [0.5, 0.6) is 5.88 Å². The van der Waals surface area contributed by atoms with Crippen LogP contribution in [0.15, 0.2) is 12.4 Å². The molecule has 0 amide bonds. The number of aromatic nitrogens is 2. The molecule has 1 aromatic heterocycles. The van der Waals surface area contributed by atoms with Crippen LogP contribution in [0.4, 0.5) is 4.39 Å². The number of hydrogen-bond donors (Lipinski definition) is 0. The summed E-state index contributed by atoms with van der Waals surface area (Å²) < 4.78 is 16.4. The molecule has 0 aromatic carbocycles. The fraction of sp³-hybridized carbons (Fsp3) is 0.333. The summed E-state index contributed by atoms with van der Waals surface area (Å²) in [7, 11) is 0. The van der Waals surface area contributed by atoms with Crippen molar-refractivity contribution in [2.75, 3.05) is 13.3 Å². The van der Waals surface area contributed by atoms with E-state index >= 15 is 0 Å². The van der Waals surface area contributed by atoms with E-state index in [-0.39, 0.29) is 17.6 Å². The highest BCUT2D eigenvalue weighted by Crippen LogP contribution is 2.16. The highest BCUT2D eigenvalue weighted by Gasteiger charge is 2.01. The molecule has 0 fully saturated rings. The van der Waals surface area contributed by atoms with Crippen LogP contribution < -0.4 is 4.74 Å². The van der Waals surface area contributed by atoms with E-state index in [2.05, 4.69) is 9.97 Å². The molecule has 0 N–H and O–H groups in total. The number of hydrogen-bond acceptors (Lipinski definition) is 3. The second kappa shape index (κ2) is 4.08. The second-order valence-electron chi connectivity index (χ2n) is 1.69. The normalized spacial score (nSPS) is 9.64. The van der Waals surface area contributed by atoms with E-state index in [1.165, 1.54) is 12.4 Å². The molecule has 0 unspecified atom stereocenters. The summed E-state index contributed by atoms with van der Waals surface area (Å²) in [6, 6.07) is 0. The average molecular weight is 177 g/mol. The number of ether oxygens (including phenoxy) is 1. The zero-order valence-electron chi connectivity index (χ0n) is 5.63. The lowest BCUT2D eigenvalue weighted by atomic mass is 10.7. The van der Waals surface area contributed by atoms with Crippen molar-refractivity contribution in [1.82, 2.24) is 9.97 Å². The van der Waals surface area contributed by atoms with Crippen LogP contribution in [0.1, 0.15) is 0 Å². The van der Waals surface area contributed by atoms with E-state index in [4.69, 9.17) is 16.3 Å². The van der Waals surface area contributed by atoms with Gasteiger partial charge in [-0.25, -0.2) is 14.4 Å². The molecule has 0 radical (unpaired) electrons. The molecule has 0 saturated heterocycles. The summed E-state index contributed by atoms with van der Waals surface area (Å²) in [4.78, 5) is 7.42. The molecule has 60 valence electrons. The molecule has 1 rings (SSSR count). The van der Waals surface area contributed by atoms with Gasteiger partial charge in [0.2, 0.25) is 0 Å². The topological polar surface area (TPSA) is 35.0 Å². The largest absolute Gasteiger partial charge is 0.473 e. The molecule has 0 aliphatic rings. The van der Waals surface area contributed by atoms with Crippen LogP contribution in [0.2, 0.25) is 5.15 Å². The first-order chi connectivity index (χ1) is 5.34. The van der Waals surface area contributed by atoms with Gasteiger partial charge in [0.1, 0.15) is 13.3 Å². The fourth-order valence-corrected chi connectivity index (χ4v) is 0.700.